The number of nitrogens with two attached hydrogens (primary N) is 1. The van der Waals surface area contributed by atoms with Crippen molar-refractivity contribution in [1.29, 1.82) is 0 Å². The van der Waals surface area contributed by atoms with Gasteiger partial charge in [-0.1, -0.05) is 8.44 Å². The first kappa shape index (κ1) is 6.50. The highest BCUT2D eigenvalue weighted by molar-refractivity contribution is 8.43. The summed E-state index contributed by atoms with van der Waals surface area (Å²) in [6.07, 6.45) is 1.53. The molecule has 5 heteroatoms. The summed E-state index contributed by atoms with van der Waals surface area (Å²) >= 11 is 0. The van der Waals surface area contributed by atoms with Gasteiger partial charge in [-0.05, 0) is 9.74 Å². The van der Waals surface area contributed by atoms with Crippen LogP contribution in [0.15, 0.2) is 0 Å². The van der Waals surface area contributed by atoms with Crippen molar-refractivity contribution in [2.45, 2.75) is 0 Å². The molecule has 0 aliphatic rings. The Hall–Kier alpha value is 0.500. The Morgan fingerprint density at radius 2 is 2.17 bits per heavy atom. The lowest BCUT2D eigenvalue weighted by Crippen LogP contribution is -2.30. The van der Waals surface area contributed by atoms with Crippen LogP contribution in [0.1, 0.15) is 0 Å². The van der Waals surface area contributed by atoms with Crippen molar-refractivity contribution in [1.82, 2.24) is 4.83 Å². The molecule has 0 aromatic heterocycles. The average molecular weight is 128 g/mol. The van der Waals surface area contributed by atoms with Gasteiger partial charge in [-0.3, -0.25) is 10.1 Å². The number of rotatable bonds is 1. The fourth-order valence-corrected chi connectivity index (χ4v) is 0. The minimum atomic E-state index is -2.20. The highest BCUT2D eigenvalue weighted by Crippen LogP contribution is 1.99. The van der Waals surface area contributed by atoms with Gasteiger partial charge in [0.2, 0.25) is 0 Å². The molecular formula is CH9N2OPS. The molecule has 0 fully saturated rings. The maximum atomic E-state index is 10.3. The van der Waals surface area contributed by atoms with E-state index < -0.39 is 9.74 Å². The van der Waals surface area contributed by atoms with Gasteiger partial charge in [0.25, 0.3) is 0 Å². The molecule has 6 heavy (non-hydrogen) atoms. The smallest absolute Gasteiger partial charge is 0.00524 e. The SMILES string of the molecule is C[SH](=O)(P)NN. The Labute approximate surface area is 40.2 Å². The highest BCUT2D eigenvalue weighted by atomic mass is 32.8. The maximum absolute atomic E-state index is 10.3. The van der Waals surface area contributed by atoms with Crippen LogP contribution in [-0.4, -0.2) is 10.5 Å². The lowest BCUT2D eigenvalue weighted by Gasteiger charge is -2.06. The number of nitrogens with one attached hydrogen (secondary N) is 1. The zero-order valence-electron chi connectivity index (χ0n) is 3.51. The molecule has 0 aliphatic heterocycles. The van der Waals surface area contributed by atoms with E-state index in [-0.39, 0.29) is 0 Å². The standard InChI is InChI=1S/CH9N2OPS/c1-6(4,5)3-2/h6H,2,5H2,1H3,(H,3,4). The molecule has 0 heterocycles. The van der Waals surface area contributed by atoms with Gasteiger partial charge in [-0.25, -0.2) is 0 Å². The fourth-order valence-electron chi connectivity index (χ4n) is 0. The van der Waals surface area contributed by atoms with Gasteiger partial charge in [-0.15, -0.1) is 0 Å². The second-order valence-corrected chi connectivity index (χ2v) is 6.31. The monoisotopic (exact) mass is 128 g/mol. The molecule has 3 N–H and O–H groups in total. The van der Waals surface area contributed by atoms with Crippen LogP contribution in [0.2, 0.25) is 0 Å². The van der Waals surface area contributed by atoms with Gasteiger partial charge in [0.15, 0.2) is 0 Å². The molecule has 0 aromatic rings. The Morgan fingerprint density at radius 1 is 2.00 bits per heavy atom. The topological polar surface area (TPSA) is 55.1 Å². The molecule has 0 saturated carbocycles. The van der Waals surface area contributed by atoms with Crippen LogP contribution in [0.25, 0.3) is 0 Å². The van der Waals surface area contributed by atoms with E-state index in [1.165, 1.54) is 6.26 Å². The zero-order chi connectivity index (χ0) is 5.21. The van der Waals surface area contributed by atoms with Gasteiger partial charge in [0.05, 0.1) is 0 Å². The van der Waals surface area contributed by atoms with E-state index in [0.29, 0.717) is 0 Å². The van der Waals surface area contributed by atoms with Gasteiger partial charge in [0, 0.05) is 6.26 Å². The summed E-state index contributed by atoms with van der Waals surface area (Å²) in [7, 11) is -0.0910. The zero-order valence-corrected chi connectivity index (χ0v) is 5.56. The second kappa shape index (κ2) is 1.98. The predicted molar refractivity (Wildman–Crippen MR) is 32.5 cm³/mol. The van der Waals surface area contributed by atoms with E-state index in [1.54, 1.807) is 0 Å². The van der Waals surface area contributed by atoms with E-state index in [2.05, 4.69) is 13.3 Å². The Kier molecular flexibility index (Phi) is 2.15. The highest BCUT2D eigenvalue weighted by Gasteiger charge is 1.88. The minimum absolute atomic E-state index is 1.53. The minimum Gasteiger partial charge on any atom is -0.267 e. The first-order valence-corrected chi connectivity index (χ1v) is 5.17. The van der Waals surface area contributed by atoms with Gasteiger partial charge in [0.1, 0.15) is 0 Å². The summed E-state index contributed by atoms with van der Waals surface area (Å²) in [4.78, 5) is 2.12. The first-order chi connectivity index (χ1) is 2.56. The van der Waals surface area contributed by atoms with Crippen LogP contribution >= 0.6 is 8.44 Å². The molecule has 0 aromatic carbocycles. The number of hydrogen-bond donors (Lipinski definition) is 3. The molecule has 0 aliphatic carbocycles. The largest absolute Gasteiger partial charge is 0.267 e. The van der Waals surface area contributed by atoms with Crippen LogP contribution in [-0.2, 0) is 9.74 Å². The fraction of sp³-hybridized carbons (Fsp3) is 1.00. The number of thiol groups is 1. The predicted octanol–water partition coefficient (Wildman–Crippen LogP) is -1.20. The first-order valence-electron chi connectivity index (χ1n) is 1.40. The van der Waals surface area contributed by atoms with Crippen LogP contribution in [0.4, 0.5) is 0 Å². The average Bonchev–Trinajstić information content (AvgIpc) is 1.35. The third-order valence-electron chi connectivity index (χ3n) is 0.256. The number of hydrazine groups is 1. The van der Waals surface area contributed by atoms with Crippen LogP contribution in [0.3, 0.4) is 0 Å². The lowest BCUT2D eigenvalue weighted by molar-refractivity contribution is 0.676. The molecule has 0 amide bonds. The van der Waals surface area contributed by atoms with E-state index in [4.69, 9.17) is 5.84 Å². The molecule has 0 spiro atoms. The van der Waals surface area contributed by atoms with Crippen molar-refractivity contribution in [3.8, 4) is 0 Å². The molecule has 40 valence electrons. The molecule has 1 unspecified atom stereocenters. The normalized spacial score (nSPS) is 14.5. The van der Waals surface area contributed by atoms with Gasteiger partial charge in [-0.2, -0.15) is 4.83 Å². The van der Waals surface area contributed by atoms with Crippen molar-refractivity contribution in [2.24, 2.45) is 5.84 Å². The van der Waals surface area contributed by atoms with E-state index in [0.717, 1.165) is 0 Å². The Balaban J connectivity index is 3.48. The van der Waals surface area contributed by atoms with Crippen LogP contribution < -0.4 is 10.7 Å². The Morgan fingerprint density at radius 3 is 2.17 bits per heavy atom. The molecule has 0 radical (unpaired) electrons. The van der Waals surface area contributed by atoms with E-state index in [9.17, 15) is 4.21 Å². The Bertz CT molecular complexity index is 77.6. The molecule has 0 rings (SSSR count). The summed E-state index contributed by atoms with van der Waals surface area (Å²) in [5.74, 6) is 4.77. The molecule has 0 saturated heterocycles. The summed E-state index contributed by atoms with van der Waals surface area (Å²) in [5.41, 5.74) is 0. The van der Waals surface area contributed by atoms with Gasteiger partial charge < -0.3 is 0 Å². The molecule has 3 nitrogen and oxygen atoms in total. The molecule has 0 bridgehead atoms. The summed E-state index contributed by atoms with van der Waals surface area (Å²) in [6, 6.07) is 0. The second-order valence-electron chi connectivity index (χ2n) is 1.12. The maximum Gasteiger partial charge on any atom is 0.00524 e. The summed E-state index contributed by atoms with van der Waals surface area (Å²) < 4.78 is 10.3. The van der Waals surface area contributed by atoms with E-state index >= 15 is 0 Å². The van der Waals surface area contributed by atoms with Crippen molar-refractivity contribution in [3.63, 3.8) is 0 Å². The summed E-state index contributed by atoms with van der Waals surface area (Å²) in [5, 5.41) is 0. The van der Waals surface area contributed by atoms with Crippen LogP contribution in [0.5, 0.6) is 0 Å². The van der Waals surface area contributed by atoms with Crippen LogP contribution in [0, 0.1) is 0 Å². The van der Waals surface area contributed by atoms with Gasteiger partial charge >= 0.3 is 0 Å². The van der Waals surface area contributed by atoms with Crippen molar-refractivity contribution in [3.05, 3.63) is 0 Å². The third kappa shape index (κ3) is 4.50. The van der Waals surface area contributed by atoms with Crippen molar-refractivity contribution < 1.29 is 4.21 Å². The molecule has 1 atom stereocenters. The summed E-state index contributed by atoms with van der Waals surface area (Å²) in [6.45, 7) is 0. The van der Waals surface area contributed by atoms with Crippen molar-refractivity contribution >= 4 is 18.2 Å². The molecular weight excluding hydrogens is 119 g/mol. The lowest BCUT2D eigenvalue weighted by atomic mass is 12.0. The quantitative estimate of drug-likeness (QED) is 0.180. The third-order valence-corrected chi connectivity index (χ3v) is 1.22. The van der Waals surface area contributed by atoms with E-state index in [1.807, 2.05) is 0 Å². The number of hydrogen-bond acceptors (Lipinski definition) is 2. The van der Waals surface area contributed by atoms with Crippen molar-refractivity contribution in [2.75, 3.05) is 6.26 Å².